The van der Waals surface area contributed by atoms with Crippen LogP contribution in [0, 0.1) is 5.82 Å². The van der Waals surface area contributed by atoms with E-state index < -0.39 is 0 Å². The van der Waals surface area contributed by atoms with Crippen LogP contribution in [0.1, 0.15) is 45.6 Å². The van der Waals surface area contributed by atoms with E-state index in [0.29, 0.717) is 24.6 Å². The molecule has 26 heavy (non-hydrogen) atoms. The maximum atomic E-state index is 13.3. The molecule has 0 saturated carbocycles. The third kappa shape index (κ3) is 3.70. The lowest BCUT2D eigenvalue weighted by molar-refractivity contribution is 0.0703. The van der Waals surface area contributed by atoms with Gasteiger partial charge >= 0.3 is 0 Å². The summed E-state index contributed by atoms with van der Waals surface area (Å²) in [4.78, 5) is 19.6. The minimum atomic E-state index is -0.253. The number of rotatable bonds is 4. The predicted octanol–water partition coefficient (Wildman–Crippen LogP) is 4.49. The molecule has 0 bridgehead atoms. The molecule has 0 unspecified atom stereocenters. The number of oxazole rings is 1. The van der Waals surface area contributed by atoms with Gasteiger partial charge in [-0.05, 0) is 42.0 Å². The van der Waals surface area contributed by atoms with Gasteiger partial charge in [-0.3, -0.25) is 4.79 Å². The molecule has 0 radical (unpaired) electrons. The van der Waals surface area contributed by atoms with Crippen molar-refractivity contribution in [3.05, 3.63) is 75.9 Å². The summed E-state index contributed by atoms with van der Waals surface area (Å²) in [6, 6.07) is 10.2. The molecule has 1 atom stereocenters. The number of thiophene rings is 1. The molecule has 3 heterocycles. The maximum Gasteiger partial charge on any atom is 0.263 e. The number of aromatic nitrogens is 1. The van der Waals surface area contributed by atoms with Gasteiger partial charge in [0.1, 0.15) is 11.6 Å². The smallest absolute Gasteiger partial charge is 0.263 e. The Bertz CT molecular complexity index is 891. The Hall–Kier alpha value is -2.47. The van der Waals surface area contributed by atoms with E-state index in [-0.39, 0.29) is 17.6 Å². The van der Waals surface area contributed by atoms with Crippen LogP contribution in [-0.4, -0.2) is 28.9 Å². The number of likely N-dealkylation sites (tertiary alicyclic amines) is 1. The van der Waals surface area contributed by atoms with E-state index in [1.165, 1.54) is 23.5 Å². The minimum absolute atomic E-state index is 0.0799. The molecule has 1 saturated heterocycles. The molecular formula is C20H19FN2O2S. The molecule has 1 amide bonds. The van der Waals surface area contributed by atoms with Gasteiger partial charge in [-0.1, -0.05) is 18.2 Å². The molecule has 4 rings (SSSR count). The molecular weight excluding hydrogens is 351 g/mol. The lowest BCUT2D eigenvalue weighted by atomic mass is 9.98. The van der Waals surface area contributed by atoms with Crippen LogP contribution < -0.4 is 0 Å². The first-order valence-corrected chi connectivity index (χ1v) is 9.59. The van der Waals surface area contributed by atoms with E-state index in [1.54, 1.807) is 12.3 Å². The van der Waals surface area contributed by atoms with Gasteiger partial charge in [0.2, 0.25) is 0 Å². The fourth-order valence-corrected chi connectivity index (χ4v) is 4.05. The molecule has 1 aliphatic rings. The summed E-state index contributed by atoms with van der Waals surface area (Å²) in [5.41, 5.74) is 0.853. The Morgan fingerprint density at radius 1 is 1.35 bits per heavy atom. The number of hydrogen-bond donors (Lipinski definition) is 0. The van der Waals surface area contributed by atoms with Crippen molar-refractivity contribution in [1.82, 2.24) is 9.88 Å². The van der Waals surface area contributed by atoms with E-state index >= 15 is 0 Å². The first-order chi connectivity index (χ1) is 12.7. The standard InChI is InChI=1S/C20H19FN2O2S/c21-16-6-1-4-14(10-16)11-17-12-22-19(25-17)15-5-2-8-23(13-15)20(24)18-7-3-9-26-18/h1,3-4,6-7,9-10,12,15H,2,5,8,11,13H2/t15-/m1/s1. The summed E-state index contributed by atoms with van der Waals surface area (Å²) in [6.07, 6.45) is 4.10. The number of hydrogen-bond acceptors (Lipinski definition) is 4. The molecule has 1 aromatic carbocycles. The molecule has 6 heteroatoms. The second kappa shape index (κ2) is 7.41. The summed E-state index contributed by atoms with van der Waals surface area (Å²) < 4.78 is 19.2. The van der Waals surface area contributed by atoms with Crippen molar-refractivity contribution in [1.29, 1.82) is 0 Å². The van der Waals surface area contributed by atoms with E-state index in [4.69, 9.17) is 4.42 Å². The first kappa shape index (κ1) is 17.0. The zero-order valence-corrected chi connectivity index (χ0v) is 15.0. The summed E-state index contributed by atoms with van der Waals surface area (Å²) in [6.45, 7) is 1.39. The molecule has 1 fully saturated rings. The number of piperidine rings is 1. The Morgan fingerprint density at radius 2 is 2.27 bits per heavy atom. The molecule has 134 valence electrons. The van der Waals surface area contributed by atoms with Crippen molar-refractivity contribution in [2.45, 2.75) is 25.2 Å². The van der Waals surface area contributed by atoms with Gasteiger partial charge in [-0.15, -0.1) is 11.3 Å². The van der Waals surface area contributed by atoms with Crippen LogP contribution in [0.3, 0.4) is 0 Å². The van der Waals surface area contributed by atoms with Crippen LogP contribution in [0.2, 0.25) is 0 Å². The third-order valence-corrected chi connectivity index (χ3v) is 5.49. The summed E-state index contributed by atoms with van der Waals surface area (Å²) in [5, 5.41) is 1.92. The fraction of sp³-hybridized carbons (Fsp3) is 0.300. The van der Waals surface area contributed by atoms with Crippen molar-refractivity contribution in [3.63, 3.8) is 0 Å². The summed E-state index contributed by atoms with van der Waals surface area (Å²) in [7, 11) is 0. The highest BCUT2D eigenvalue weighted by Gasteiger charge is 2.28. The number of carbonyl (C=O) groups is 1. The topological polar surface area (TPSA) is 46.3 Å². The molecule has 0 N–H and O–H groups in total. The van der Waals surface area contributed by atoms with Gasteiger partial charge in [0, 0.05) is 19.5 Å². The van der Waals surface area contributed by atoms with E-state index in [0.717, 1.165) is 29.8 Å². The number of nitrogens with zero attached hydrogens (tertiary/aromatic N) is 2. The Morgan fingerprint density at radius 3 is 3.08 bits per heavy atom. The second-order valence-corrected chi connectivity index (χ2v) is 7.49. The van der Waals surface area contributed by atoms with E-state index in [9.17, 15) is 9.18 Å². The zero-order valence-electron chi connectivity index (χ0n) is 14.2. The number of benzene rings is 1. The van der Waals surface area contributed by atoms with Crippen molar-refractivity contribution in [2.75, 3.05) is 13.1 Å². The zero-order chi connectivity index (χ0) is 17.9. The van der Waals surface area contributed by atoms with Crippen LogP contribution in [0.25, 0.3) is 0 Å². The highest BCUT2D eigenvalue weighted by Crippen LogP contribution is 2.28. The predicted molar refractivity (Wildman–Crippen MR) is 97.9 cm³/mol. The van der Waals surface area contributed by atoms with Crippen LogP contribution in [0.5, 0.6) is 0 Å². The maximum absolute atomic E-state index is 13.3. The third-order valence-electron chi connectivity index (χ3n) is 4.63. The number of carbonyl (C=O) groups excluding carboxylic acids is 1. The van der Waals surface area contributed by atoms with Crippen molar-refractivity contribution in [2.24, 2.45) is 0 Å². The van der Waals surface area contributed by atoms with Crippen LogP contribution in [-0.2, 0) is 6.42 Å². The average Bonchev–Trinajstić information content (AvgIpc) is 3.33. The molecule has 2 aromatic heterocycles. The second-order valence-electron chi connectivity index (χ2n) is 6.54. The van der Waals surface area contributed by atoms with Crippen molar-refractivity contribution in [3.8, 4) is 0 Å². The summed E-state index contributed by atoms with van der Waals surface area (Å²) >= 11 is 1.47. The average molecular weight is 370 g/mol. The summed E-state index contributed by atoms with van der Waals surface area (Å²) in [5.74, 6) is 1.31. The minimum Gasteiger partial charge on any atom is -0.445 e. The van der Waals surface area contributed by atoms with Gasteiger partial charge in [-0.2, -0.15) is 0 Å². The number of amides is 1. The first-order valence-electron chi connectivity index (χ1n) is 8.71. The van der Waals surface area contributed by atoms with Gasteiger partial charge in [0.15, 0.2) is 5.89 Å². The SMILES string of the molecule is O=C(c1cccs1)N1CCC[C@@H](c2ncc(Cc3cccc(F)c3)o2)C1. The molecule has 0 spiro atoms. The molecule has 0 aliphatic carbocycles. The van der Waals surface area contributed by atoms with Gasteiger partial charge in [0.05, 0.1) is 17.0 Å². The van der Waals surface area contributed by atoms with Crippen LogP contribution in [0.4, 0.5) is 4.39 Å². The lowest BCUT2D eigenvalue weighted by Gasteiger charge is -2.31. The van der Waals surface area contributed by atoms with Gasteiger partial charge in [0.25, 0.3) is 5.91 Å². The monoisotopic (exact) mass is 370 g/mol. The Labute approximate surface area is 155 Å². The lowest BCUT2D eigenvalue weighted by Crippen LogP contribution is -2.38. The number of halogens is 1. The van der Waals surface area contributed by atoms with Crippen LogP contribution in [0.15, 0.2) is 52.4 Å². The van der Waals surface area contributed by atoms with Gasteiger partial charge in [-0.25, -0.2) is 9.37 Å². The highest BCUT2D eigenvalue weighted by atomic mass is 32.1. The molecule has 1 aliphatic heterocycles. The Balaban J connectivity index is 1.44. The normalized spacial score (nSPS) is 17.4. The fourth-order valence-electron chi connectivity index (χ4n) is 3.36. The Kier molecular flexibility index (Phi) is 4.84. The van der Waals surface area contributed by atoms with Crippen molar-refractivity contribution < 1.29 is 13.6 Å². The quantitative estimate of drug-likeness (QED) is 0.680. The molecule has 4 nitrogen and oxygen atoms in total. The van der Waals surface area contributed by atoms with Crippen LogP contribution >= 0.6 is 11.3 Å². The van der Waals surface area contributed by atoms with Gasteiger partial charge < -0.3 is 9.32 Å². The molecule has 3 aromatic rings. The van der Waals surface area contributed by atoms with E-state index in [1.807, 2.05) is 28.5 Å². The van der Waals surface area contributed by atoms with E-state index in [2.05, 4.69) is 4.98 Å². The van der Waals surface area contributed by atoms with Crippen molar-refractivity contribution >= 4 is 17.2 Å². The highest BCUT2D eigenvalue weighted by molar-refractivity contribution is 7.12. The largest absolute Gasteiger partial charge is 0.445 e.